The second-order valence-electron chi connectivity index (χ2n) is 6.28. The van der Waals surface area contributed by atoms with Crippen molar-refractivity contribution in [2.24, 2.45) is 0 Å². The largest absolute Gasteiger partial charge is 0.388 e. The summed E-state index contributed by atoms with van der Waals surface area (Å²) in [6.07, 6.45) is 1.62. The van der Waals surface area contributed by atoms with E-state index in [4.69, 9.17) is 0 Å². The van der Waals surface area contributed by atoms with Crippen molar-refractivity contribution in [1.29, 1.82) is 0 Å². The molecule has 2 heterocycles. The first kappa shape index (κ1) is 17.9. The summed E-state index contributed by atoms with van der Waals surface area (Å²) in [4.78, 5) is 16.9. The number of hydrogen-bond acceptors (Lipinski definition) is 3. The molecule has 2 aromatic heterocycles. The Hall–Kier alpha value is -2.92. The smallest absolute Gasteiger partial charge is 0.253 e. The number of carbonyl (C=O) groups excluding carboxylic acids is 1. The predicted molar refractivity (Wildman–Crippen MR) is 101 cm³/mol. The lowest BCUT2D eigenvalue weighted by Gasteiger charge is -2.12. The standard InChI is InChI=1S/C21H23N3O2/c1-15-14-18(16(2)24(15)20-10-6-7-12-22-20)21(26)23-13-11-19(25)17-8-4-3-5-9-17/h3-10,12,14,19,25H,11,13H2,1-2H3,(H,23,26). The third kappa shape index (κ3) is 3.83. The van der Waals surface area contributed by atoms with Gasteiger partial charge in [0, 0.05) is 24.1 Å². The van der Waals surface area contributed by atoms with Gasteiger partial charge in [-0.05, 0) is 44.0 Å². The van der Waals surface area contributed by atoms with Crippen LogP contribution < -0.4 is 5.32 Å². The van der Waals surface area contributed by atoms with Crippen LogP contribution in [0.5, 0.6) is 0 Å². The normalized spacial score (nSPS) is 12.0. The van der Waals surface area contributed by atoms with E-state index in [0.717, 1.165) is 22.8 Å². The Kier molecular flexibility index (Phi) is 5.49. The lowest BCUT2D eigenvalue weighted by Crippen LogP contribution is -2.26. The van der Waals surface area contributed by atoms with Crippen molar-refractivity contribution in [2.45, 2.75) is 26.4 Å². The first-order valence-corrected chi connectivity index (χ1v) is 8.69. The van der Waals surface area contributed by atoms with Gasteiger partial charge in [-0.15, -0.1) is 0 Å². The number of pyridine rings is 1. The SMILES string of the molecule is Cc1cc(C(=O)NCCC(O)c2ccccc2)c(C)n1-c1ccccn1. The molecule has 0 aliphatic rings. The summed E-state index contributed by atoms with van der Waals surface area (Å²) in [5.74, 6) is 0.654. The molecule has 0 bridgehead atoms. The van der Waals surface area contributed by atoms with Crippen LogP contribution in [0.2, 0.25) is 0 Å². The van der Waals surface area contributed by atoms with Gasteiger partial charge in [0.15, 0.2) is 0 Å². The molecule has 3 aromatic rings. The number of amides is 1. The third-order valence-corrected chi connectivity index (χ3v) is 4.44. The molecular weight excluding hydrogens is 326 g/mol. The minimum atomic E-state index is -0.586. The van der Waals surface area contributed by atoms with E-state index in [1.54, 1.807) is 6.20 Å². The van der Waals surface area contributed by atoms with Crippen molar-refractivity contribution in [3.63, 3.8) is 0 Å². The molecule has 0 spiro atoms. The van der Waals surface area contributed by atoms with Gasteiger partial charge in [-0.2, -0.15) is 0 Å². The Morgan fingerprint density at radius 1 is 1.15 bits per heavy atom. The molecule has 3 rings (SSSR count). The predicted octanol–water partition coefficient (Wildman–Crippen LogP) is 3.34. The third-order valence-electron chi connectivity index (χ3n) is 4.44. The summed E-state index contributed by atoms with van der Waals surface area (Å²) in [6, 6.07) is 17.0. The van der Waals surface area contributed by atoms with E-state index in [-0.39, 0.29) is 5.91 Å². The average molecular weight is 349 g/mol. The molecule has 134 valence electrons. The molecule has 1 aromatic carbocycles. The van der Waals surface area contributed by atoms with Gasteiger partial charge in [0.2, 0.25) is 0 Å². The van der Waals surface area contributed by atoms with E-state index in [1.807, 2.05) is 73.0 Å². The maximum Gasteiger partial charge on any atom is 0.253 e. The minimum Gasteiger partial charge on any atom is -0.388 e. The summed E-state index contributed by atoms with van der Waals surface area (Å²) in [5.41, 5.74) is 3.29. The molecule has 0 aliphatic carbocycles. The van der Waals surface area contributed by atoms with Gasteiger partial charge >= 0.3 is 0 Å². The highest BCUT2D eigenvalue weighted by atomic mass is 16.3. The maximum atomic E-state index is 12.6. The van der Waals surface area contributed by atoms with E-state index in [2.05, 4.69) is 10.3 Å². The Morgan fingerprint density at radius 3 is 2.58 bits per heavy atom. The first-order valence-electron chi connectivity index (χ1n) is 8.69. The summed E-state index contributed by atoms with van der Waals surface area (Å²) in [7, 11) is 0. The zero-order valence-electron chi connectivity index (χ0n) is 15.0. The number of aliphatic hydroxyl groups is 1. The lowest BCUT2D eigenvalue weighted by atomic mass is 10.1. The number of nitrogens with zero attached hydrogens (tertiary/aromatic N) is 2. The fourth-order valence-corrected chi connectivity index (χ4v) is 3.09. The van der Waals surface area contributed by atoms with Crippen LogP contribution >= 0.6 is 0 Å². The van der Waals surface area contributed by atoms with Gasteiger partial charge < -0.3 is 15.0 Å². The van der Waals surface area contributed by atoms with Crippen LogP contribution in [0.15, 0.2) is 60.8 Å². The molecule has 0 fully saturated rings. The van der Waals surface area contributed by atoms with Crippen molar-refractivity contribution in [3.8, 4) is 5.82 Å². The second kappa shape index (κ2) is 7.97. The van der Waals surface area contributed by atoms with Gasteiger partial charge in [0.25, 0.3) is 5.91 Å². The Bertz CT molecular complexity index is 873. The highest BCUT2D eigenvalue weighted by Gasteiger charge is 2.17. The zero-order chi connectivity index (χ0) is 18.5. The van der Waals surface area contributed by atoms with E-state index in [0.29, 0.717) is 18.5 Å². The molecular formula is C21H23N3O2. The molecule has 5 heteroatoms. The molecule has 26 heavy (non-hydrogen) atoms. The minimum absolute atomic E-state index is 0.138. The molecule has 1 amide bonds. The highest BCUT2D eigenvalue weighted by Crippen LogP contribution is 2.20. The van der Waals surface area contributed by atoms with Crippen LogP contribution in [0.3, 0.4) is 0 Å². The molecule has 0 aliphatic heterocycles. The summed E-state index contributed by atoms with van der Waals surface area (Å²) >= 11 is 0. The number of benzene rings is 1. The summed E-state index contributed by atoms with van der Waals surface area (Å²) < 4.78 is 1.97. The number of rotatable bonds is 6. The molecule has 0 saturated carbocycles. The van der Waals surface area contributed by atoms with Crippen molar-refractivity contribution in [1.82, 2.24) is 14.9 Å². The van der Waals surface area contributed by atoms with Crippen molar-refractivity contribution in [2.75, 3.05) is 6.54 Å². The summed E-state index contributed by atoms with van der Waals surface area (Å²) in [6.45, 7) is 4.27. The number of aliphatic hydroxyl groups excluding tert-OH is 1. The Balaban J connectivity index is 1.66. The van der Waals surface area contributed by atoms with E-state index in [9.17, 15) is 9.90 Å². The molecule has 0 saturated heterocycles. The van der Waals surface area contributed by atoms with Crippen LogP contribution in [-0.4, -0.2) is 27.1 Å². The maximum absolute atomic E-state index is 12.6. The molecule has 2 N–H and O–H groups in total. The Morgan fingerprint density at radius 2 is 1.88 bits per heavy atom. The average Bonchev–Trinajstić information content (AvgIpc) is 2.97. The van der Waals surface area contributed by atoms with Gasteiger partial charge in [-0.25, -0.2) is 4.98 Å². The Labute approximate surface area is 153 Å². The number of aryl methyl sites for hydroxylation is 1. The van der Waals surface area contributed by atoms with Crippen molar-refractivity contribution < 1.29 is 9.90 Å². The topological polar surface area (TPSA) is 67.2 Å². The van der Waals surface area contributed by atoms with E-state index >= 15 is 0 Å². The van der Waals surface area contributed by atoms with Crippen LogP contribution in [0.25, 0.3) is 5.82 Å². The van der Waals surface area contributed by atoms with Gasteiger partial charge in [0.1, 0.15) is 5.82 Å². The molecule has 5 nitrogen and oxygen atoms in total. The van der Waals surface area contributed by atoms with Crippen LogP contribution in [-0.2, 0) is 0 Å². The van der Waals surface area contributed by atoms with Crippen LogP contribution in [0, 0.1) is 13.8 Å². The fourth-order valence-electron chi connectivity index (χ4n) is 3.09. The second-order valence-corrected chi connectivity index (χ2v) is 6.28. The van der Waals surface area contributed by atoms with E-state index < -0.39 is 6.10 Å². The fraction of sp³-hybridized carbons (Fsp3) is 0.238. The van der Waals surface area contributed by atoms with Crippen molar-refractivity contribution in [3.05, 3.63) is 83.3 Å². The molecule has 1 unspecified atom stereocenters. The highest BCUT2D eigenvalue weighted by molar-refractivity contribution is 5.95. The molecule has 1 atom stereocenters. The quantitative estimate of drug-likeness (QED) is 0.717. The number of nitrogens with one attached hydrogen (secondary N) is 1. The lowest BCUT2D eigenvalue weighted by molar-refractivity contribution is 0.0942. The summed E-state index contributed by atoms with van der Waals surface area (Å²) in [5, 5.41) is 13.1. The number of carbonyl (C=O) groups is 1. The van der Waals surface area contributed by atoms with Crippen LogP contribution in [0.1, 0.15) is 39.8 Å². The van der Waals surface area contributed by atoms with Gasteiger partial charge in [-0.3, -0.25) is 4.79 Å². The number of hydrogen-bond donors (Lipinski definition) is 2. The van der Waals surface area contributed by atoms with E-state index in [1.165, 1.54) is 0 Å². The monoisotopic (exact) mass is 349 g/mol. The molecule has 0 radical (unpaired) electrons. The van der Waals surface area contributed by atoms with Gasteiger partial charge in [0.05, 0.1) is 11.7 Å². The number of aromatic nitrogens is 2. The first-order chi connectivity index (χ1) is 12.6. The van der Waals surface area contributed by atoms with Crippen molar-refractivity contribution >= 4 is 5.91 Å². The van der Waals surface area contributed by atoms with Crippen LogP contribution in [0.4, 0.5) is 0 Å². The van der Waals surface area contributed by atoms with Gasteiger partial charge in [-0.1, -0.05) is 36.4 Å². The zero-order valence-corrected chi connectivity index (χ0v) is 15.0.